The molecule has 1 amide bonds. The lowest BCUT2D eigenvalue weighted by Gasteiger charge is -2.37. The topological polar surface area (TPSA) is 70.0 Å². The van der Waals surface area contributed by atoms with Crippen LogP contribution in [0.2, 0.25) is 0 Å². The van der Waals surface area contributed by atoms with E-state index in [1.54, 1.807) is 0 Å². The summed E-state index contributed by atoms with van der Waals surface area (Å²) in [4.78, 5) is 11.7. The van der Waals surface area contributed by atoms with Gasteiger partial charge in [-0.2, -0.15) is 0 Å². The Hall–Kier alpha value is -0.950. The number of hydrogen-bond donors (Lipinski definition) is 2. The van der Waals surface area contributed by atoms with Crippen LogP contribution < -0.4 is 0 Å². The molecule has 2 atom stereocenters. The molecule has 0 bridgehead atoms. The van der Waals surface area contributed by atoms with Crippen LogP contribution in [0.1, 0.15) is 6.42 Å². The Bertz CT molecular complexity index is 227. The number of ether oxygens (including phenoxy) is 1. The second kappa shape index (κ2) is 5.22. The predicted octanol–water partition coefficient (Wildman–Crippen LogP) is 0.381. The summed E-state index contributed by atoms with van der Waals surface area (Å²) < 4.78 is 29.3. The van der Waals surface area contributed by atoms with Crippen LogP contribution in [-0.4, -0.2) is 59.5 Å². The van der Waals surface area contributed by atoms with Gasteiger partial charge in [-0.05, 0) is 0 Å². The summed E-state index contributed by atoms with van der Waals surface area (Å²) in [7, 11) is 0. The molecule has 0 aromatic heterocycles. The van der Waals surface area contributed by atoms with Crippen molar-refractivity contribution in [3.8, 4) is 0 Å². The van der Waals surface area contributed by atoms with Gasteiger partial charge < -0.3 is 19.8 Å². The lowest BCUT2D eigenvalue weighted by Crippen LogP contribution is -2.53. The van der Waals surface area contributed by atoms with Crippen molar-refractivity contribution in [3.05, 3.63) is 0 Å². The van der Waals surface area contributed by atoms with Crippen LogP contribution in [-0.2, 0) is 4.74 Å². The van der Waals surface area contributed by atoms with Crippen LogP contribution in [0.4, 0.5) is 13.6 Å². The molecule has 0 spiro atoms. The lowest BCUT2D eigenvalue weighted by atomic mass is 10.1. The van der Waals surface area contributed by atoms with Gasteiger partial charge in [0.2, 0.25) is 6.43 Å². The molecular weight excluding hydrogens is 212 g/mol. The maximum absolute atomic E-state index is 12.1. The number of hydrogen-bond acceptors (Lipinski definition) is 3. The molecule has 0 radical (unpaired) electrons. The Morgan fingerprint density at radius 3 is 2.73 bits per heavy atom. The molecule has 0 saturated carbocycles. The maximum Gasteiger partial charge on any atom is 0.407 e. The molecule has 0 aliphatic carbocycles. The first-order valence-electron chi connectivity index (χ1n) is 4.54. The van der Waals surface area contributed by atoms with E-state index in [0.717, 1.165) is 4.90 Å². The van der Waals surface area contributed by atoms with E-state index in [0.29, 0.717) is 0 Å². The van der Waals surface area contributed by atoms with Crippen molar-refractivity contribution in [2.45, 2.75) is 25.0 Å². The summed E-state index contributed by atoms with van der Waals surface area (Å²) >= 11 is 0. The largest absolute Gasteiger partial charge is 0.465 e. The van der Waals surface area contributed by atoms with E-state index in [1.165, 1.54) is 0 Å². The number of aliphatic hydroxyl groups excluding tert-OH is 1. The van der Waals surface area contributed by atoms with Gasteiger partial charge in [0.1, 0.15) is 0 Å². The molecule has 1 rings (SSSR count). The van der Waals surface area contributed by atoms with Crippen LogP contribution in [0.15, 0.2) is 0 Å². The van der Waals surface area contributed by atoms with Gasteiger partial charge in [0, 0.05) is 6.42 Å². The highest BCUT2D eigenvalue weighted by atomic mass is 19.3. The second-order valence-electron chi connectivity index (χ2n) is 3.35. The summed E-state index contributed by atoms with van der Waals surface area (Å²) in [5.41, 5.74) is 0. The fourth-order valence-electron chi connectivity index (χ4n) is 1.50. The van der Waals surface area contributed by atoms with Crippen molar-refractivity contribution in [2.75, 3.05) is 19.8 Å². The number of alkyl halides is 2. The summed E-state index contributed by atoms with van der Waals surface area (Å²) in [5.74, 6) is 0. The highest BCUT2D eigenvalue weighted by Gasteiger charge is 2.33. The van der Waals surface area contributed by atoms with E-state index < -0.39 is 31.1 Å². The van der Waals surface area contributed by atoms with Gasteiger partial charge in [-0.25, -0.2) is 13.6 Å². The molecule has 88 valence electrons. The third kappa shape index (κ3) is 3.28. The molecule has 0 aromatic rings. The third-order valence-electron chi connectivity index (χ3n) is 2.27. The molecule has 2 N–H and O–H groups in total. The maximum atomic E-state index is 12.1. The zero-order valence-electron chi connectivity index (χ0n) is 7.97. The fourth-order valence-corrected chi connectivity index (χ4v) is 1.50. The molecule has 5 nitrogen and oxygen atoms in total. The molecule has 0 aromatic carbocycles. The number of aliphatic hydroxyl groups is 1. The van der Waals surface area contributed by atoms with Crippen molar-refractivity contribution in [3.63, 3.8) is 0 Å². The van der Waals surface area contributed by atoms with Crippen molar-refractivity contribution >= 4 is 6.09 Å². The lowest BCUT2D eigenvalue weighted by molar-refractivity contribution is -0.0836. The van der Waals surface area contributed by atoms with E-state index >= 15 is 0 Å². The van der Waals surface area contributed by atoms with Gasteiger partial charge in [-0.15, -0.1) is 0 Å². The Morgan fingerprint density at radius 2 is 2.27 bits per heavy atom. The summed E-state index contributed by atoms with van der Waals surface area (Å²) in [6.07, 6.45) is -4.98. The standard InChI is InChI=1S/C8H13F2NO4/c9-7(10)1-5-4-15-6(3-12)2-11(5)8(13)14/h5-7,12H,1-4H2,(H,13,14)/t5-,6+/m0/s1. The van der Waals surface area contributed by atoms with Gasteiger partial charge in [-0.3, -0.25) is 0 Å². The smallest absolute Gasteiger partial charge is 0.407 e. The van der Waals surface area contributed by atoms with Crippen molar-refractivity contribution in [1.82, 2.24) is 4.90 Å². The summed E-state index contributed by atoms with van der Waals surface area (Å²) in [6.45, 7) is -0.476. The van der Waals surface area contributed by atoms with E-state index in [1.807, 2.05) is 0 Å². The first-order chi connectivity index (χ1) is 7.04. The number of nitrogens with zero attached hydrogens (tertiary/aromatic N) is 1. The van der Waals surface area contributed by atoms with Crippen LogP contribution in [0.3, 0.4) is 0 Å². The number of carboxylic acid groups (broad SMARTS) is 1. The molecule has 1 heterocycles. The molecule has 15 heavy (non-hydrogen) atoms. The van der Waals surface area contributed by atoms with E-state index in [9.17, 15) is 13.6 Å². The number of morpholine rings is 1. The average Bonchev–Trinajstić information content (AvgIpc) is 2.17. The molecule has 1 saturated heterocycles. The number of rotatable bonds is 3. The van der Waals surface area contributed by atoms with E-state index in [2.05, 4.69) is 0 Å². The Balaban J connectivity index is 2.59. The summed E-state index contributed by atoms with van der Waals surface area (Å²) in [5, 5.41) is 17.5. The first-order valence-corrected chi connectivity index (χ1v) is 4.54. The molecular formula is C8H13F2NO4. The Labute approximate surface area is 85.2 Å². The van der Waals surface area contributed by atoms with Gasteiger partial charge >= 0.3 is 6.09 Å². The van der Waals surface area contributed by atoms with Gasteiger partial charge in [0.15, 0.2) is 0 Å². The van der Waals surface area contributed by atoms with Crippen molar-refractivity contribution < 1.29 is 28.5 Å². The fraction of sp³-hybridized carbons (Fsp3) is 0.875. The number of carbonyl (C=O) groups is 1. The number of amides is 1. The zero-order valence-corrected chi connectivity index (χ0v) is 7.97. The SMILES string of the molecule is O=C(O)N1C[C@H](CO)OC[C@@H]1CC(F)F. The average molecular weight is 225 g/mol. The monoisotopic (exact) mass is 225 g/mol. The molecule has 7 heteroatoms. The zero-order chi connectivity index (χ0) is 11.4. The van der Waals surface area contributed by atoms with Crippen LogP contribution in [0.5, 0.6) is 0 Å². The molecule has 1 fully saturated rings. The van der Waals surface area contributed by atoms with E-state index in [4.69, 9.17) is 14.9 Å². The highest BCUT2D eigenvalue weighted by Crippen LogP contribution is 2.17. The Kier molecular flexibility index (Phi) is 4.22. The minimum absolute atomic E-state index is 0.0662. The minimum Gasteiger partial charge on any atom is -0.465 e. The quantitative estimate of drug-likeness (QED) is 0.728. The normalized spacial score (nSPS) is 27.1. The molecule has 0 unspecified atom stereocenters. The molecule has 1 aliphatic heterocycles. The second-order valence-corrected chi connectivity index (χ2v) is 3.35. The van der Waals surface area contributed by atoms with Crippen LogP contribution in [0, 0.1) is 0 Å². The van der Waals surface area contributed by atoms with Gasteiger partial charge in [0.05, 0.1) is 31.9 Å². The van der Waals surface area contributed by atoms with Gasteiger partial charge in [0.25, 0.3) is 0 Å². The predicted molar refractivity (Wildman–Crippen MR) is 46.0 cm³/mol. The van der Waals surface area contributed by atoms with Crippen molar-refractivity contribution in [1.29, 1.82) is 0 Å². The highest BCUT2D eigenvalue weighted by molar-refractivity contribution is 5.65. The van der Waals surface area contributed by atoms with E-state index in [-0.39, 0.29) is 19.8 Å². The first kappa shape index (κ1) is 12.1. The van der Waals surface area contributed by atoms with Crippen LogP contribution >= 0.6 is 0 Å². The Morgan fingerprint density at radius 1 is 1.60 bits per heavy atom. The summed E-state index contributed by atoms with van der Waals surface area (Å²) in [6, 6.07) is -0.828. The van der Waals surface area contributed by atoms with Crippen LogP contribution in [0.25, 0.3) is 0 Å². The number of halogens is 2. The van der Waals surface area contributed by atoms with Crippen molar-refractivity contribution in [2.24, 2.45) is 0 Å². The molecule has 1 aliphatic rings. The third-order valence-corrected chi connectivity index (χ3v) is 2.27. The minimum atomic E-state index is -2.56. The van der Waals surface area contributed by atoms with Gasteiger partial charge in [-0.1, -0.05) is 0 Å².